The SMILES string of the molecule is O=C(Nc1ccccc1)NC1CCN(CC(O)c2ccccc2)CC1. The van der Waals surface area contributed by atoms with Gasteiger partial charge in [0.2, 0.25) is 0 Å². The van der Waals surface area contributed by atoms with E-state index in [1.807, 2.05) is 60.7 Å². The minimum Gasteiger partial charge on any atom is -0.387 e. The fraction of sp³-hybridized carbons (Fsp3) is 0.350. The Balaban J connectivity index is 1.40. The predicted octanol–water partition coefficient (Wildman–Crippen LogP) is 3.01. The Morgan fingerprint density at radius 3 is 2.28 bits per heavy atom. The maximum atomic E-state index is 12.0. The number of likely N-dealkylation sites (tertiary alicyclic amines) is 1. The summed E-state index contributed by atoms with van der Waals surface area (Å²) in [5.41, 5.74) is 1.74. The summed E-state index contributed by atoms with van der Waals surface area (Å²) < 4.78 is 0. The van der Waals surface area contributed by atoms with Crippen LogP contribution in [0.1, 0.15) is 24.5 Å². The molecule has 2 aromatic carbocycles. The minimum atomic E-state index is -0.466. The van der Waals surface area contributed by atoms with Crippen LogP contribution >= 0.6 is 0 Å². The van der Waals surface area contributed by atoms with Crippen LogP contribution in [0.25, 0.3) is 0 Å². The summed E-state index contributed by atoms with van der Waals surface area (Å²) in [7, 11) is 0. The molecule has 1 aliphatic rings. The van der Waals surface area contributed by atoms with Gasteiger partial charge in [-0.3, -0.25) is 0 Å². The number of benzene rings is 2. The van der Waals surface area contributed by atoms with Crippen molar-refractivity contribution < 1.29 is 9.90 Å². The van der Waals surface area contributed by atoms with E-state index in [0.717, 1.165) is 37.2 Å². The lowest BCUT2D eigenvalue weighted by Gasteiger charge is -2.33. The zero-order chi connectivity index (χ0) is 17.5. The molecule has 2 aromatic rings. The number of anilines is 1. The zero-order valence-corrected chi connectivity index (χ0v) is 14.3. The number of nitrogens with one attached hydrogen (secondary N) is 2. The topological polar surface area (TPSA) is 64.6 Å². The van der Waals surface area contributed by atoms with Gasteiger partial charge in [0.25, 0.3) is 0 Å². The molecule has 1 heterocycles. The molecule has 0 radical (unpaired) electrons. The molecule has 25 heavy (non-hydrogen) atoms. The molecule has 1 fully saturated rings. The lowest BCUT2D eigenvalue weighted by molar-refractivity contribution is 0.0951. The number of carbonyl (C=O) groups excluding carboxylic acids is 1. The van der Waals surface area contributed by atoms with E-state index >= 15 is 0 Å². The second kappa shape index (κ2) is 8.65. The van der Waals surface area contributed by atoms with Crippen molar-refractivity contribution in [3.05, 3.63) is 66.2 Å². The Morgan fingerprint density at radius 2 is 1.64 bits per heavy atom. The molecule has 3 rings (SSSR count). The number of amides is 2. The summed E-state index contributed by atoms with van der Waals surface area (Å²) in [5.74, 6) is 0. The maximum Gasteiger partial charge on any atom is 0.319 e. The van der Waals surface area contributed by atoms with Crippen molar-refractivity contribution >= 4 is 11.7 Å². The van der Waals surface area contributed by atoms with E-state index < -0.39 is 6.10 Å². The van der Waals surface area contributed by atoms with Gasteiger partial charge in [0, 0.05) is 31.4 Å². The Hall–Kier alpha value is -2.37. The average Bonchev–Trinajstić information content (AvgIpc) is 2.65. The van der Waals surface area contributed by atoms with E-state index in [-0.39, 0.29) is 12.1 Å². The van der Waals surface area contributed by atoms with Crippen LogP contribution < -0.4 is 10.6 Å². The van der Waals surface area contributed by atoms with Gasteiger partial charge in [-0.25, -0.2) is 4.79 Å². The third-order valence-electron chi connectivity index (χ3n) is 4.57. The monoisotopic (exact) mass is 339 g/mol. The van der Waals surface area contributed by atoms with Crippen LogP contribution in [-0.4, -0.2) is 41.7 Å². The molecule has 1 atom stereocenters. The summed E-state index contributed by atoms with van der Waals surface area (Å²) in [5, 5.41) is 16.2. The molecule has 0 aromatic heterocycles. The van der Waals surface area contributed by atoms with Gasteiger partial charge in [0.15, 0.2) is 0 Å². The second-order valence-corrected chi connectivity index (χ2v) is 6.47. The van der Waals surface area contributed by atoms with Crippen LogP contribution in [0.5, 0.6) is 0 Å². The van der Waals surface area contributed by atoms with E-state index in [9.17, 15) is 9.90 Å². The van der Waals surface area contributed by atoms with Gasteiger partial charge in [0.05, 0.1) is 6.10 Å². The fourth-order valence-corrected chi connectivity index (χ4v) is 3.16. The molecule has 132 valence electrons. The molecule has 1 unspecified atom stereocenters. The van der Waals surface area contributed by atoms with Crippen LogP contribution in [0.2, 0.25) is 0 Å². The van der Waals surface area contributed by atoms with E-state index in [0.29, 0.717) is 6.54 Å². The largest absolute Gasteiger partial charge is 0.387 e. The molecule has 0 aliphatic carbocycles. The molecule has 5 heteroatoms. The first-order chi connectivity index (χ1) is 12.2. The standard InChI is InChI=1S/C20H25N3O2/c24-19(16-7-3-1-4-8-16)15-23-13-11-18(12-14-23)22-20(25)21-17-9-5-2-6-10-17/h1-10,18-19,24H,11-15H2,(H2,21,22,25). The van der Waals surface area contributed by atoms with Gasteiger partial charge in [-0.05, 0) is 30.5 Å². The molecule has 5 nitrogen and oxygen atoms in total. The van der Waals surface area contributed by atoms with Gasteiger partial charge in [-0.1, -0.05) is 48.5 Å². The summed E-state index contributed by atoms with van der Waals surface area (Å²) >= 11 is 0. The molecular formula is C20H25N3O2. The number of para-hydroxylation sites is 1. The fourth-order valence-electron chi connectivity index (χ4n) is 3.16. The molecule has 1 aliphatic heterocycles. The third kappa shape index (κ3) is 5.31. The molecular weight excluding hydrogens is 314 g/mol. The summed E-state index contributed by atoms with van der Waals surface area (Å²) in [6.07, 6.45) is 1.32. The molecule has 2 amide bonds. The van der Waals surface area contributed by atoms with Crippen molar-refractivity contribution in [3.63, 3.8) is 0 Å². The van der Waals surface area contributed by atoms with Gasteiger partial charge in [-0.2, -0.15) is 0 Å². The van der Waals surface area contributed by atoms with Crippen molar-refractivity contribution in [1.29, 1.82) is 0 Å². The van der Waals surface area contributed by atoms with E-state index in [1.165, 1.54) is 0 Å². The number of aliphatic hydroxyl groups excluding tert-OH is 1. The highest BCUT2D eigenvalue weighted by Gasteiger charge is 2.22. The first kappa shape index (κ1) is 17.5. The van der Waals surface area contributed by atoms with Crippen molar-refractivity contribution in [2.45, 2.75) is 25.0 Å². The molecule has 0 spiro atoms. The van der Waals surface area contributed by atoms with Gasteiger partial charge in [-0.15, -0.1) is 0 Å². The van der Waals surface area contributed by atoms with Gasteiger partial charge >= 0.3 is 6.03 Å². The number of rotatable bonds is 5. The van der Waals surface area contributed by atoms with E-state index in [4.69, 9.17) is 0 Å². The minimum absolute atomic E-state index is 0.158. The van der Waals surface area contributed by atoms with Crippen LogP contribution in [0.15, 0.2) is 60.7 Å². The van der Waals surface area contributed by atoms with E-state index in [2.05, 4.69) is 15.5 Å². The third-order valence-corrected chi connectivity index (χ3v) is 4.57. The van der Waals surface area contributed by atoms with Crippen molar-refractivity contribution in [2.75, 3.05) is 25.0 Å². The highest BCUT2D eigenvalue weighted by Crippen LogP contribution is 2.17. The Labute approximate surface area is 148 Å². The van der Waals surface area contributed by atoms with Crippen molar-refractivity contribution in [2.24, 2.45) is 0 Å². The van der Waals surface area contributed by atoms with Gasteiger partial charge < -0.3 is 20.6 Å². The quantitative estimate of drug-likeness (QED) is 0.785. The zero-order valence-electron chi connectivity index (χ0n) is 14.3. The summed E-state index contributed by atoms with van der Waals surface area (Å²) in [4.78, 5) is 14.3. The number of nitrogens with zero attached hydrogens (tertiary/aromatic N) is 1. The normalized spacial score (nSPS) is 17.0. The molecule has 0 saturated carbocycles. The molecule has 0 bridgehead atoms. The number of aliphatic hydroxyl groups is 1. The molecule has 3 N–H and O–H groups in total. The van der Waals surface area contributed by atoms with Crippen molar-refractivity contribution in [1.82, 2.24) is 10.2 Å². The lowest BCUT2D eigenvalue weighted by Crippen LogP contribution is -2.46. The smallest absolute Gasteiger partial charge is 0.319 e. The molecule has 1 saturated heterocycles. The summed E-state index contributed by atoms with van der Waals surface area (Å²) in [6, 6.07) is 19.2. The van der Waals surface area contributed by atoms with Crippen LogP contribution in [0.4, 0.5) is 10.5 Å². The highest BCUT2D eigenvalue weighted by molar-refractivity contribution is 5.89. The highest BCUT2D eigenvalue weighted by atomic mass is 16.3. The number of piperidine rings is 1. The lowest BCUT2D eigenvalue weighted by atomic mass is 10.0. The number of β-amino-alcohol motifs (C(OH)–C–C–N with tert-alkyl or cyclic N) is 1. The van der Waals surface area contributed by atoms with Crippen LogP contribution in [-0.2, 0) is 0 Å². The number of carbonyl (C=O) groups is 1. The van der Waals surface area contributed by atoms with Crippen molar-refractivity contribution in [3.8, 4) is 0 Å². The number of hydrogen-bond acceptors (Lipinski definition) is 3. The van der Waals surface area contributed by atoms with Gasteiger partial charge in [0.1, 0.15) is 0 Å². The average molecular weight is 339 g/mol. The second-order valence-electron chi connectivity index (χ2n) is 6.47. The first-order valence-electron chi connectivity index (χ1n) is 8.78. The Bertz CT molecular complexity index is 655. The number of urea groups is 1. The Morgan fingerprint density at radius 1 is 1.04 bits per heavy atom. The van der Waals surface area contributed by atoms with E-state index in [1.54, 1.807) is 0 Å². The number of hydrogen-bond donors (Lipinski definition) is 3. The van der Waals surface area contributed by atoms with Crippen LogP contribution in [0.3, 0.4) is 0 Å². The summed E-state index contributed by atoms with van der Waals surface area (Å²) in [6.45, 7) is 2.38. The first-order valence-corrected chi connectivity index (χ1v) is 8.78. The maximum absolute atomic E-state index is 12.0. The Kier molecular flexibility index (Phi) is 6.04. The van der Waals surface area contributed by atoms with Crippen LogP contribution in [0, 0.1) is 0 Å². The predicted molar refractivity (Wildman–Crippen MR) is 99.5 cm³/mol.